The van der Waals surface area contributed by atoms with Gasteiger partial charge in [-0.05, 0) is 24.6 Å². The Morgan fingerprint density at radius 2 is 2.32 bits per heavy atom. The third-order valence-corrected chi connectivity index (χ3v) is 2.59. The normalized spacial score (nSPS) is 10.4. The summed E-state index contributed by atoms with van der Waals surface area (Å²) >= 11 is 0. The van der Waals surface area contributed by atoms with E-state index in [0.717, 1.165) is 0 Å². The monoisotopic (exact) mass is 264 g/mol. The number of benzene rings is 1. The Bertz CT molecular complexity index is 595. The molecule has 2 rings (SSSR count). The Hall–Kier alpha value is -2.37. The topological polar surface area (TPSA) is 75.2 Å². The van der Waals surface area contributed by atoms with Gasteiger partial charge in [-0.15, -0.1) is 0 Å². The summed E-state index contributed by atoms with van der Waals surface area (Å²) in [5.74, 6) is -1.28. The molecule has 0 radical (unpaired) electrons. The minimum Gasteiger partial charge on any atom is -0.491 e. The average molecular weight is 264 g/mol. The van der Waals surface area contributed by atoms with Crippen molar-refractivity contribution in [3.8, 4) is 16.9 Å². The molecule has 0 aliphatic rings. The number of aliphatic carboxylic acids is 1. The molecule has 19 heavy (non-hydrogen) atoms. The fourth-order valence-electron chi connectivity index (χ4n) is 1.79. The van der Waals surface area contributed by atoms with E-state index in [0.29, 0.717) is 23.4 Å². The zero-order valence-corrected chi connectivity index (χ0v) is 10.3. The van der Waals surface area contributed by atoms with Gasteiger partial charge in [0.15, 0.2) is 11.6 Å². The van der Waals surface area contributed by atoms with E-state index in [4.69, 9.17) is 9.84 Å². The van der Waals surface area contributed by atoms with Gasteiger partial charge in [-0.2, -0.15) is 5.10 Å². The molecule has 0 fully saturated rings. The third kappa shape index (κ3) is 2.90. The van der Waals surface area contributed by atoms with Gasteiger partial charge < -0.3 is 9.84 Å². The molecule has 100 valence electrons. The second kappa shape index (κ2) is 5.51. The van der Waals surface area contributed by atoms with E-state index in [1.807, 2.05) is 0 Å². The van der Waals surface area contributed by atoms with Crippen molar-refractivity contribution < 1.29 is 19.0 Å². The van der Waals surface area contributed by atoms with Crippen LogP contribution in [-0.4, -0.2) is 27.9 Å². The second-order valence-corrected chi connectivity index (χ2v) is 3.91. The minimum atomic E-state index is -0.975. The van der Waals surface area contributed by atoms with E-state index < -0.39 is 11.8 Å². The fourth-order valence-corrected chi connectivity index (χ4v) is 1.79. The minimum absolute atomic E-state index is 0.175. The molecule has 0 aliphatic carbocycles. The number of aromatic nitrogens is 2. The lowest BCUT2D eigenvalue weighted by molar-refractivity contribution is -0.136. The van der Waals surface area contributed by atoms with E-state index in [2.05, 4.69) is 10.2 Å². The van der Waals surface area contributed by atoms with Crippen LogP contribution in [0.4, 0.5) is 4.39 Å². The molecule has 0 spiro atoms. The number of H-pyrrole nitrogens is 1. The molecule has 0 saturated carbocycles. The summed E-state index contributed by atoms with van der Waals surface area (Å²) < 4.78 is 18.9. The molecule has 1 aromatic carbocycles. The van der Waals surface area contributed by atoms with Crippen LogP contribution in [0.15, 0.2) is 24.4 Å². The van der Waals surface area contributed by atoms with Crippen molar-refractivity contribution in [3.63, 3.8) is 0 Å². The van der Waals surface area contributed by atoms with E-state index in [1.165, 1.54) is 18.3 Å². The van der Waals surface area contributed by atoms with Gasteiger partial charge >= 0.3 is 5.97 Å². The first-order chi connectivity index (χ1) is 9.11. The molecule has 0 unspecified atom stereocenters. The van der Waals surface area contributed by atoms with Gasteiger partial charge in [-0.1, -0.05) is 6.07 Å². The summed E-state index contributed by atoms with van der Waals surface area (Å²) in [7, 11) is 0. The Kier molecular flexibility index (Phi) is 3.79. The summed E-state index contributed by atoms with van der Waals surface area (Å²) in [5, 5.41) is 15.2. The lowest BCUT2D eigenvalue weighted by atomic mass is 10.0. The van der Waals surface area contributed by atoms with E-state index in [-0.39, 0.29) is 12.2 Å². The van der Waals surface area contributed by atoms with Crippen LogP contribution in [0.25, 0.3) is 11.1 Å². The van der Waals surface area contributed by atoms with Gasteiger partial charge in [0.1, 0.15) is 0 Å². The molecule has 5 nitrogen and oxygen atoms in total. The summed E-state index contributed by atoms with van der Waals surface area (Å²) in [5.41, 5.74) is 1.58. The van der Waals surface area contributed by atoms with Gasteiger partial charge in [0.25, 0.3) is 0 Å². The zero-order valence-electron chi connectivity index (χ0n) is 10.3. The van der Waals surface area contributed by atoms with Crippen LogP contribution in [0.3, 0.4) is 0 Å². The number of carboxylic acid groups (broad SMARTS) is 1. The average Bonchev–Trinajstić information content (AvgIpc) is 2.79. The lowest BCUT2D eigenvalue weighted by Gasteiger charge is -2.06. The Labute approximate surface area is 109 Å². The molecular formula is C13H13FN2O3. The summed E-state index contributed by atoms with van der Waals surface area (Å²) in [4.78, 5) is 10.7. The molecular weight excluding hydrogens is 251 g/mol. The van der Waals surface area contributed by atoms with Gasteiger partial charge in [-0.3, -0.25) is 9.89 Å². The van der Waals surface area contributed by atoms with Crippen LogP contribution < -0.4 is 4.74 Å². The molecule has 0 bridgehead atoms. The molecule has 0 aliphatic heterocycles. The number of carbonyl (C=O) groups is 1. The first-order valence-electron chi connectivity index (χ1n) is 5.78. The molecule has 0 amide bonds. The van der Waals surface area contributed by atoms with Gasteiger partial charge in [0, 0.05) is 5.56 Å². The van der Waals surface area contributed by atoms with Crippen LogP contribution in [0.5, 0.6) is 5.75 Å². The lowest BCUT2D eigenvalue weighted by Crippen LogP contribution is -2.02. The standard InChI is InChI=1S/C13H13FN2O3/c1-2-19-12-4-3-8(5-10(12)14)9-7-15-16-11(9)6-13(17)18/h3-5,7H,2,6H2,1H3,(H,15,16)(H,17,18). The highest BCUT2D eigenvalue weighted by molar-refractivity contribution is 5.75. The van der Waals surface area contributed by atoms with Gasteiger partial charge in [0.2, 0.25) is 0 Å². The Balaban J connectivity index is 2.34. The van der Waals surface area contributed by atoms with E-state index in [1.54, 1.807) is 13.0 Å². The van der Waals surface area contributed by atoms with Crippen molar-refractivity contribution >= 4 is 5.97 Å². The predicted molar refractivity (Wildman–Crippen MR) is 66.5 cm³/mol. The highest BCUT2D eigenvalue weighted by Crippen LogP contribution is 2.27. The number of nitrogens with one attached hydrogen (secondary N) is 1. The molecule has 1 aromatic heterocycles. The van der Waals surface area contributed by atoms with Crippen molar-refractivity contribution in [1.29, 1.82) is 0 Å². The quantitative estimate of drug-likeness (QED) is 0.868. The van der Waals surface area contributed by atoms with E-state index >= 15 is 0 Å². The van der Waals surface area contributed by atoms with E-state index in [9.17, 15) is 9.18 Å². The van der Waals surface area contributed by atoms with Gasteiger partial charge in [0.05, 0.1) is 24.9 Å². The number of ether oxygens (including phenoxy) is 1. The predicted octanol–water partition coefficient (Wildman–Crippen LogP) is 2.24. The molecule has 0 saturated heterocycles. The number of hydrogen-bond acceptors (Lipinski definition) is 3. The van der Waals surface area contributed by atoms with Gasteiger partial charge in [-0.25, -0.2) is 4.39 Å². The summed E-state index contributed by atoms with van der Waals surface area (Å²) in [6, 6.07) is 4.50. The van der Waals surface area contributed by atoms with Crippen LogP contribution in [0.1, 0.15) is 12.6 Å². The van der Waals surface area contributed by atoms with Crippen molar-refractivity contribution in [2.75, 3.05) is 6.61 Å². The van der Waals surface area contributed by atoms with Crippen LogP contribution in [-0.2, 0) is 11.2 Å². The second-order valence-electron chi connectivity index (χ2n) is 3.91. The van der Waals surface area contributed by atoms with Crippen LogP contribution in [0.2, 0.25) is 0 Å². The molecule has 6 heteroatoms. The molecule has 1 heterocycles. The number of rotatable bonds is 5. The maximum absolute atomic E-state index is 13.8. The van der Waals surface area contributed by atoms with Crippen LogP contribution in [0, 0.1) is 5.82 Å². The molecule has 2 N–H and O–H groups in total. The highest BCUT2D eigenvalue weighted by atomic mass is 19.1. The number of halogens is 1. The molecule has 0 atom stereocenters. The number of carboxylic acids is 1. The Morgan fingerprint density at radius 1 is 1.53 bits per heavy atom. The number of hydrogen-bond donors (Lipinski definition) is 2. The molecule has 2 aromatic rings. The summed E-state index contributed by atoms with van der Waals surface area (Å²) in [6.45, 7) is 2.15. The van der Waals surface area contributed by atoms with Crippen LogP contribution >= 0.6 is 0 Å². The first-order valence-corrected chi connectivity index (χ1v) is 5.78. The first kappa shape index (κ1) is 13.1. The largest absolute Gasteiger partial charge is 0.491 e. The summed E-state index contributed by atoms with van der Waals surface area (Å²) in [6.07, 6.45) is 1.29. The van der Waals surface area contributed by atoms with Crippen molar-refractivity contribution in [2.45, 2.75) is 13.3 Å². The zero-order chi connectivity index (χ0) is 13.8. The maximum atomic E-state index is 13.8. The fraction of sp³-hybridized carbons (Fsp3) is 0.231. The SMILES string of the molecule is CCOc1ccc(-c2cn[nH]c2CC(=O)O)cc1F. The third-order valence-electron chi connectivity index (χ3n) is 2.59. The van der Waals surface area contributed by atoms with Crippen molar-refractivity contribution in [3.05, 3.63) is 35.9 Å². The van der Waals surface area contributed by atoms with Crippen molar-refractivity contribution in [2.24, 2.45) is 0 Å². The smallest absolute Gasteiger partial charge is 0.309 e. The van der Waals surface area contributed by atoms with Crippen molar-refractivity contribution in [1.82, 2.24) is 10.2 Å². The number of aromatic amines is 1. The highest BCUT2D eigenvalue weighted by Gasteiger charge is 2.13. The maximum Gasteiger partial charge on any atom is 0.309 e. The number of nitrogens with zero attached hydrogens (tertiary/aromatic N) is 1. The Morgan fingerprint density at radius 3 is 2.95 bits per heavy atom.